The molecule has 0 aliphatic heterocycles. The van der Waals surface area contributed by atoms with Crippen LogP contribution in [0, 0.1) is 5.82 Å². The summed E-state index contributed by atoms with van der Waals surface area (Å²) in [7, 11) is 0. The lowest BCUT2D eigenvalue weighted by Crippen LogP contribution is -2.15. The predicted molar refractivity (Wildman–Crippen MR) is 90.6 cm³/mol. The van der Waals surface area contributed by atoms with Crippen LogP contribution in [0.15, 0.2) is 57.9 Å². The van der Waals surface area contributed by atoms with Crippen LogP contribution in [0.3, 0.4) is 0 Å². The number of nitrogens with zero attached hydrogens (tertiary/aromatic N) is 2. The number of benzene rings is 1. The molecule has 0 N–H and O–H groups in total. The van der Waals surface area contributed by atoms with Crippen molar-refractivity contribution in [3.05, 3.63) is 80.6 Å². The van der Waals surface area contributed by atoms with Crippen LogP contribution in [0.2, 0.25) is 0 Å². The summed E-state index contributed by atoms with van der Waals surface area (Å²) in [4.78, 5) is 16.5. The molecule has 6 heteroatoms. The fourth-order valence-electron chi connectivity index (χ4n) is 2.08. The van der Waals surface area contributed by atoms with Crippen molar-refractivity contribution >= 4 is 33.3 Å². The number of thioether (sulfide) groups is 1. The molecular weight excluding hydrogens is 367 g/mol. The molecule has 3 rings (SSSR count). The molecule has 0 unspecified atom stereocenters. The van der Waals surface area contributed by atoms with Gasteiger partial charge in [-0.1, -0.05) is 18.2 Å². The van der Waals surface area contributed by atoms with E-state index in [0.717, 1.165) is 4.47 Å². The predicted octanol–water partition coefficient (Wildman–Crippen LogP) is 4.03. The molecule has 3 aromatic rings. The maximum atomic E-state index is 13.5. The van der Waals surface area contributed by atoms with Crippen molar-refractivity contribution in [3.8, 4) is 0 Å². The summed E-state index contributed by atoms with van der Waals surface area (Å²) in [6.45, 7) is 0. The van der Waals surface area contributed by atoms with Gasteiger partial charge in [-0.15, -0.1) is 0 Å². The van der Waals surface area contributed by atoms with Crippen LogP contribution >= 0.6 is 27.7 Å². The first-order valence-electron chi connectivity index (χ1n) is 6.62. The van der Waals surface area contributed by atoms with Crippen LogP contribution in [0.4, 0.5) is 4.39 Å². The summed E-state index contributed by atoms with van der Waals surface area (Å²) in [5.41, 5.74) is 1.85. The second-order valence-corrected chi connectivity index (χ2v) is 6.65. The zero-order valence-electron chi connectivity index (χ0n) is 11.5. The van der Waals surface area contributed by atoms with Crippen molar-refractivity contribution < 1.29 is 4.39 Å². The van der Waals surface area contributed by atoms with Gasteiger partial charge in [-0.2, -0.15) is 11.8 Å². The number of rotatable bonds is 4. The van der Waals surface area contributed by atoms with Gasteiger partial charge >= 0.3 is 0 Å². The second-order valence-electron chi connectivity index (χ2n) is 4.75. The summed E-state index contributed by atoms with van der Waals surface area (Å²) < 4.78 is 15.9. The highest BCUT2D eigenvalue weighted by Crippen LogP contribution is 2.19. The van der Waals surface area contributed by atoms with Crippen LogP contribution in [0.1, 0.15) is 11.3 Å². The van der Waals surface area contributed by atoms with E-state index in [-0.39, 0.29) is 11.4 Å². The highest BCUT2D eigenvalue weighted by Gasteiger charge is 2.05. The molecule has 0 radical (unpaired) electrons. The molecule has 2 aromatic heterocycles. The Bertz CT molecular complexity index is 881. The monoisotopic (exact) mass is 378 g/mol. The Morgan fingerprint density at radius 2 is 2.00 bits per heavy atom. The molecule has 0 spiro atoms. The highest BCUT2D eigenvalue weighted by atomic mass is 79.9. The lowest BCUT2D eigenvalue weighted by molar-refractivity contribution is 0.617. The number of fused-ring (bicyclic) bond motifs is 1. The maximum Gasteiger partial charge on any atom is 0.258 e. The Morgan fingerprint density at radius 3 is 2.82 bits per heavy atom. The minimum Gasteiger partial charge on any atom is -0.269 e. The molecule has 0 aliphatic carbocycles. The van der Waals surface area contributed by atoms with Gasteiger partial charge in [0.05, 0.1) is 5.69 Å². The zero-order valence-corrected chi connectivity index (χ0v) is 13.9. The molecule has 0 amide bonds. The van der Waals surface area contributed by atoms with Crippen LogP contribution in [0.5, 0.6) is 0 Å². The minimum atomic E-state index is -0.202. The third-order valence-corrected chi connectivity index (χ3v) is 4.63. The van der Waals surface area contributed by atoms with E-state index in [1.165, 1.54) is 28.3 Å². The van der Waals surface area contributed by atoms with E-state index >= 15 is 0 Å². The van der Waals surface area contributed by atoms with Gasteiger partial charge in [0.25, 0.3) is 5.56 Å². The summed E-state index contributed by atoms with van der Waals surface area (Å²) >= 11 is 4.87. The lowest BCUT2D eigenvalue weighted by Gasteiger charge is -2.05. The van der Waals surface area contributed by atoms with Crippen molar-refractivity contribution in [1.82, 2.24) is 9.38 Å². The van der Waals surface area contributed by atoms with Gasteiger partial charge in [0.2, 0.25) is 0 Å². The van der Waals surface area contributed by atoms with E-state index in [2.05, 4.69) is 20.9 Å². The van der Waals surface area contributed by atoms with E-state index in [9.17, 15) is 9.18 Å². The topological polar surface area (TPSA) is 34.4 Å². The van der Waals surface area contributed by atoms with E-state index in [0.29, 0.717) is 28.4 Å². The molecule has 0 atom stereocenters. The Hall–Kier alpha value is -1.66. The third kappa shape index (κ3) is 3.39. The average molecular weight is 379 g/mol. The first-order chi connectivity index (χ1) is 10.6. The Labute approximate surface area is 139 Å². The lowest BCUT2D eigenvalue weighted by atomic mass is 10.2. The minimum absolute atomic E-state index is 0.118. The second kappa shape index (κ2) is 6.62. The van der Waals surface area contributed by atoms with E-state index in [1.807, 2.05) is 12.1 Å². The Balaban J connectivity index is 1.76. The summed E-state index contributed by atoms with van der Waals surface area (Å²) in [5, 5.41) is 0. The summed E-state index contributed by atoms with van der Waals surface area (Å²) in [5.74, 6) is 0.913. The number of pyridine rings is 1. The van der Waals surface area contributed by atoms with Gasteiger partial charge in [0.1, 0.15) is 11.5 Å². The van der Waals surface area contributed by atoms with E-state index in [4.69, 9.17) is 0 Å². The summed E-state index contributed by atoms with van der Waals surface area (Å²) in [6, 6.07) is 11.9. The molecular formula is C16H12BrFN2OS. The van der Waals surface area contributed by atoms with Crippen molar-refractivity contribution in [1.29, 1.82) is 0 Å². The molecule has 0 aliphatic rings. The quantitative estimate of drug-likeness (QED) is 0.687. The molecule has 2 heterocycles. The fraction of sp³-hybridized carbons (Fsp3) is 0.125. The largest absolute Gasteiger partial charge is 0.269 e. The number of hydrogen-bond donors (Lipinski definition) is 0. The zero-order chi connectivity index (χ0) is 15.5. The van der Waals surface area contributed by atoms with Crippen LogP contribution in [-0.2, 0) is 11.5 Å². The smallest absolute Gasteiger partial charge is 0.258 e. The van der Waals surface area contributed by atoms with Crippen LogP contribution < -0.4 is 5.56 Å². The molecule has 0 fully saturated rings. The molecule has 1 aromatic carbocycles. The van der Waals surface area contributed by atoms with Gasteiger partial charge in [-0.3, -0.25) is 9.20 Å². The van der Waals surface area contributed by atoms with Crippen molar-refractivity contribution in [3.63, 3.8) is 0 Å². The Morgan fingerprint density at radius 1 is 1.18 bits per heavy atom. The van der Waals surface area contributed by atoms with Gasteiger partial charge < -0.3 is 0 Å². The van der Waals surface area contributed by atoms with E-state index < -0.39 is 0 Å². The van der Waals surface area contributed by atoms with Crippen molar-refractivity contribution in [2.45, 2.75) is 11.5 Å². The normalized spacial score (nSPS) is 11.0. The highest BCUT2D eigenvalue weighted by molar-refractivity contribution is 9.10. The maximum absolute atomic E-state index is 13.5. The number of halogens is 2. The van der Waals surface area contributed by atoms with Crippen LogP contribution in [-0.4, -0.2) is 9.38 Å². The number of hydrogen-bond acceptors (Lipinski definition) is 3. The molecule has 0 bridgehead atoms. The molecule has 22 heavy (non-hydrogen) atoms. The first kappa shape index (κ1) is 15.2. The van der Waals surface area contributed by atoms with E-state index in [1.54, 1.807) is 24.4 Å². The van der Waals surface area contributed by atoms with Gasteiger partial charge in [-0.25, -0.2) is 9.37 Å². The van der Waals surface area contributed by atoms with Gasteiger partial charge in [-0.05, 0) is 39.7 Å². The molecule has 0 saturated carbocycles. The van der Waals surface area contributed by atoms with Crippen molar-refractivity contribution in [2.75, 3.05) is 0 Å². The van der Waals surface area contributed by atoms with Gasteiger partial charge in [0.15, 0.2) is 0 Å². The Kier molecular flexibility index (Phi) is 4.59. The third-order valence-electron chi connectivity index (χ3n) is 3.14. The molecule has 3 nitrogen and oxygen atoms in total. The summed E-state index contributed by atoms with van der Waals surface area (Å²) in [6.07, 6.45) is 1.70. The SMILES string of the molecule is O=c1cc(CSCc2ccccc2F)nc2ccc(Br)cn12. The molecule has 0 saturated heterocycles. The average Bonchev–Trinajstić information content (AvgIpc) is 2.50. The van der Waals surface area contributed by atoms with Crippen LogP contribution in [0.25, 0.3) is 5.65 Å². The standard InChI is InChI=1S/C16H12BrFN2OS/c17-12-5-6-15-19-13(7-16(21)20(15)8-12)10-22-9-11-3-1-2-4-14(11)18/h1-8H,9-10H2. The fourth-order valence-corrected chi connectivity index (χ4v) is 3.33. The molecule has 112 valence electrons. The number of aromatic nitrogens is 2. The first-order valence-corrected chi connectivity index (χ1v) is 8.57. The van der Waals surface area contributed by atoms with Gasteiger partial charge in [0, 0.05) is 28.2 Å². The van der Waals surface area contributed by atoms with Crippen molar-refractivity contribution in [2.24, 2.45) is 0 Å².